The Morgan fingerprint density at radius 3 is 2.32 bits per heavy atom. The third-order valence-corrected chi connectivity index (χ3v) is 4.13. The van der Waals surface area contributed by atoms with Gasteiger partial charge in [-0.15, -0.1) is 0 Å². The molecule has 0 bridgehead atoms. The van der Waals surface area contributed by atoms with Crippen LogP contribution in [0.4, 0.5) is 4.39 Å². The molecule has 1 aromatic heterocycles. The molecule has 0 aliphatic carbocycles. The Hall–Kier alpha value is -2.83. The molecule has 2 heterocycles. The van der Waals surface area contributed by atoms with Gasteiger partial charge in [-0.3, -0.25) is 9.59 Å². The quantitative estimate of drug-likeness (QED) is 0.924. The van der Waals surface area contributed by atoms with E-state index in [1.807, 2.05) is 0 Å². The van der Waals surface area contributed by atoms with E-state index in [1.165, 1.54) is 24.5 Å². The highest BCUT2D eigenvalue weighted by molar-refractivity contribution is 6.04. The van der Waals surface area contributed by atoms with E-state index in [-0.39, 0.29) is 29.7 Å². The van der Waals surface area contributed by atoms with Crippen LogP contribution in [-0.2, 0) is 6.54 Å². The van der Waals surface area contributed by atoms with Crippen molar-refractivity contribution in [3.63, 3.8) is 0 Å². The van der Waals surface area contributed by atoms with Gasteiger partial charge in [0, 0.05) is 32.0 Å². The molecule has 3 rings (SSSR count). The molecule has 1 fully saturated rings. The van der Waals surface area contributed by atoms with Crippen LogP contribution in [0.2, 0.25) is 0 Å². The molecule has 2 aromatic rings. The molecule has 1 saturated heterocycles. The number of piperidine rings is 1. The zero-order chi connectivity index (χ0) is 17.6. The predicted octanol–water partition coefficient (Wildman–Crippen LogP) is 2.17. The van der Waals surface area contributed by atoms with Crippen molar-refractivity contribution in [3.05, 3.63) is 59.4 Å². The molecule has 0 atom stereocenters. The molecule has 6 nitrogen and oxygen atoms in total. The number of aromatic nitrogens is 2. The minimum atomic E-state index is -0.474. The van der Waals surface area contributed by atoms with Gasteiger partial charge < -0.3 is 10.2 Å². The SMILES string of the molecule is O=C(NCc1ccc(F)cc1)c1nccnc1C(=O)N1CCCCC1. The molecule has 2 amide bonds. The maximum absolute atomic E-state index is 12.9. The van der Waals surface area contributed by atoms with E-state index < -0.39 is 5.91 Å². The number of hydrogen-bond donors (Lipinski definition) is 1. The van der Waals surface area contributed by atoms with E-state index in [0.29, 0.717) is 13.1 Å². The number of nitrogens with one attached hydrogen (secondary N) is 1. The summed E-state index contributed by atoms with van der Waals surface area (Å²) in [5.41, 5.74) is 0.837. The van der Waals surface area contributed by atoms with Crippen LogP contribution in [0.5, 0.6) is 0 Å². The van der Waals surface area contributed by atoms with E-state index in [2.05, 4.69) is 15.3 Å². The first-order chi connectivity index (χ1) is 12.1. The van der Waals surface area contributed by atoms with Crippen LogP contribution in [-0.4, -0.2) is 39.8 Å². The Bertz CT molecular complexity index is 758. The van der Waals surface area contributed by atoms with Crippen LogP contribution >= 0.6 is 0 Å². The molecule has 25 heavy (non-hydrogen) atoms. The van der Waals surface area contributed by atoms with E-state index >= 15 is 0 Å². The molecule has 1 aliphatic heterocycles. The summed E-state index contributed by atoms with van der Waals surface area (Å²) in [5, 5.41) is 2.70. The van der Waals surface area contributed by atoms with Gasteiger partial charge in [0.25, 0.3) is 11.8 Å². The van der Waals surface area contributed by atoms with Gasteiger partial charge in [-0.25, -0.2) is 14.4 Å². The van der Waals surface area contributed by atoms with Crippen molar-refractivity contribution in [1.82, 2.24) is 20.2 Å². The second kappa shape index (κ2) is 7.83. The zero-order valence-electron chi connectivity index (χ0n) is 13.7. The Labute approximate surface area is 145 Å². The minimum absolute atomic E-state index is 0.0141. The molecule has 0 radical (unpaired) electrons. The molecule has 0 saturated carbocycles. The zero-order valence-corrected chi connectivity index (χ0v) is 13.7. The van der Waals surface area contributed by atoms with Gasteiger partial charge in [0.05, 0.1) is 0 Å². The molecular weight excluding hydrogens is 323 g/mol. The highest BCUT2D eigenvalue weighted by atomic mass is 19.1. The van der Waals surface area contributed by atoms with Crippen molar-refractivity contribution in [2.45, 2.75) is 25.8 Å². The Balaban J connectivity index is 1.71. The van der Waals surface area contributed by atoms with Crippen LogP contribution in [0.1, 0.15) is 45.8 Å². The minimum Gasteiger partial charge on any atom is -0.347 e. The lowest BCUT2D eigenvalue weighted by molar-refractivity contribution is 0.0711. The molecule has 1 aromatic carbocycles. The fourth-order valence-electron chi connectivity index (χ4n) is 2.78. The number of rotatable bonds is 4. The second-order valence-electron chi connectivity index (χ2n) is 5.92. The summed E-state index contributed by atoms with van der Waals surface area (Å²) in [6.07, 6.45) is 5.82. The number of nitrogens with zero attached hydrogens (tertiary/aromatic N) is 3. The normalized spacial score (nSPS) is 14.2. The fraction of sp³-hybridized carbons (Fsp3) is 0.333. The topological polar surface area (TPSA) is 75.2 Å². The van der Waals surface area contributed by atoms with Gasteiger partial charge in [0.2, 0.25) is 0 Å². The summed E-state index contributed by atoms with van der Waals surface area (Å²) in [6, 6.07) is 5.84. The van der Waals surface area contributed by atoms with Crippen molar-refractivity contribution in [2.75, 3.05) is 13.1 Å². The smallest absolute Gasteiger partial charge is 0.274 e. The monoisotopic (exact) mass is 342 g/mol. The number of likely N-dealkylation sites (tertiary alicyclic amines) is 1. The van der Waals surface area contributed by atoms with Crippen LogP contribution in [0.25, 0.3) is 0 Å². The van der Waals surface area contributed by atoms with Crippen molar-refractivity contribution < 1.29 is 14.0 Å². The first-order valence-electron chi connectivity index (χ1n) is 8.28. The van der Waals surface area contributed by atoms with Gasteiger partial charge in [-0.1, -0.05) is 12.1 Å². The van der Waals surface area contributed by atoms with E-state index in [9.17, 15) is 14.0 Å². The summed E-state index contributed by atoms with van der Waals surface area (Å²) in [6.45, 7) is 1.56. The van der Waals surface area contributed by atoms with Gasteiger partial charge in [0.15, 0.2) is 11.4 Å². The standard InChI is InChI=1S/C18H19FN4O2/c19-14-6-4-13(5-7-14)12-22-17(24)15-16(21-9-8-20-15)18(25)23-10-2-1-3-11-23/h4-9H,1-3,10-12H2,(H,22,24). The summed E-state index contributed by atoms with van der Waals surface area (Å²) < 4.78 is 12.9. The van der Waals surface area contributed by atoms with Gasteiger partial charge in [0.1, 0.15) is 5.82 Å². The third-order valence-electron chi connectivity index (χ3n) is 4.13. The second-order valence-corrected chi connectivity index (χ2v) is 5.92. The predicted molar refractivity (Wildman–Crippen MR) is 89.4 cm³/mol. The van der Waals surface area contributed by atoms with Gasteiger partial charge >= 0.3 is 0 Å². The number of hydrogen-bond acceptors (Lipinski definition) is 4. The number of halogens is 1. The van der Waals surface area contributed by atoms with Crippen LogP contribution in [0.3, 0.4) is 0 Å². The third kappa shape index (κ3) is 4.17. The highest BCUT2D eigenvalue weighted by Crippen LogP contribution is 2.14. The largest absolute Gasteiger partial charge is 0.347 e. The number of amides is 2. The summed E-state index contributed by atoms with van der Waals surface area (Å²) >= 11 is 0. The van der Waals surface area contributed by atoms with E-state index in [0.717, 1.165) is 24.8 Å². The van der Waals surface area contributed by atoms with E-state index in [4.69, 9.17) is 0 Å². The number of benzene rings is 1. The first kappa shape index (κ1) is 17.0. The summed E-state index contributed by atoms with van der Waals surface area (Å²) in [7, 11) is 0. The first-order valence-corrected chi connectivity index (χ1v) is 8.28. The molecule has 0 unspecified atom stereocenters. The molecule has 1 aliphatic rings. The molecule has 0 spiro atoms. The van der Waals surface area contributed by atoms with Crippen molar-refractivity contribution in [3.8, 4) is 0 Å². The van der Waals surface area contributed by atoms with Crippen LogP contribution in [0, 0.1) is 5.82 Å². The van der Waals surface area contributed by atoms with Crippen molar-refractivity contribution in [1.29, 1.82) is 0 Å². The average Bonchev–Trinajstić information content (AvgIpc) is 2.67. The fourth-order valence-corrected chi connectivity index (χ4v) is 2.78. The lowest BCUT2D eigenvalue weighted by atomic mass is 10.1. The summed E-state index contributed by atoms with van der Waals surface area (Å²) in [5.74, 6) is -1.07. The lowest BCUT2D eigenvalue weighted by Gasteiger charge is -2.26. The molecule has 130 valence electrons. The van der Waals surface area contributed by atoms with Crippen molar-refractivity contribution in [2.24, 2.45) is 0 Å². The van der Waals surface area contributed by atoms with Gasteiger partial charge in [-0.05, 0) is 37.0 Å². The maximum atomic E-state index is 12.9. The maximum Gasteiger partial charge on any atom is 0.274 e. The molecular formula is C18H19FN4O2. The molecule has 7 heteroatoms. The Morgan fingerprint density at radius 1 is 1.00 bits per heavy atom. The Kier molecular flexibility index (Phi) is 5.33. The number of carbonyl (C=O) groups is 2. The average molecular weight is 342 g/mol. The highest BCUT2D eigenvalue weighted by Gasteiger charge is 2.25. The van der Waals surface area contributed by atoms with Crippen LogP contribution in [0.15, 0.2) is 36.7 Å². The Morgan fingerprint density at radius 2 is 1.64 bits per heavy atom. The van der Waals surface area contributed by atoms with E-state index in [1.54, 1.807) is 17.0 Å². The number of carbonyl (C=O) groups excluding carboxylic acids is 2. The van der Waals surface area contributed by atoms with Crippen molar-refractivity contribution >= 4 is 11.8 Å². The van der Waals surface area contributed by atoms with Gasteiger partial charge in [-0.2, -0.15) is 0 Å². The van der Waals surface area contributed by atoms with Crippen LogP contribution < -0.4 is 5.32 Å². The summed E-state index contributed by atoms with van der Waals surface area (Å²) in [4.78, 5) is 34.9. The molecule has 1 N–H and O–H groups in total. The lowest BCUT2D eigenvalue weighted by Crippen LogP contribution is -2.38.